The molecule has 0 N–H and O–H groups in total. The highest BCUT2D eigenvalue weighted by molar-refractivity contribution is 7.72. The number of rotatable bonds is 3. The molecule has 0 unspecified atom stereocenters. The van der Waals surface area contributed by atoms with E-state index in [-0.39, 0.29) is 0 Å². The van der Waals surface area contributed by atoms with Gasteiger partial charge in [-0.25, -0.2) is 0 Å². The molecule has 0 atom stereocenters. The van der Waals surface area contributed by atoms with Crippen LogP contribution in [-0.4, -0.2) is 8.97 Å². The number of halogens is 1. The molecular formula is C19H13ClN2OS2. The Hall–Kier alpha value is -2.21. The maximum absolute atomic E-state index is 6.04. The van der Waals surface area contributed by atoms with Gasteiger partial charge in [0.15, 0.2) is 5.58 Å². The lowest BCUT2D eigenvalue weighted by Crippen LogP contribution is -2.01. The molecule has 6 heteroatoms. The maximum Gasteiger partial charge on any atom is 0.270 e. The fourth-order valence-electron chi connectivity index (χ4n) is 3.02. The van der Waals surface area contributed by atoms with Crippen molar-refractivity contribution in [2.24, 2.45) is 0 Å². The molecule has 25 heavy (non-hydrogen) atoms. The van der Waals surface area contributed by atoms with Gasteiger partial charge in [0.1, 0.15) is 10.2 Å². The molecule has 0 aliphatic rings. The molecule has 0 fully saturated rings. The zero-order chi connectivity index (χ0) is 17.6. The van der Waals surface area contributed by atoms with Crippen molar-refractivity contribution >= 4 is 52.7 Å². The monoisotopic (exact) mass is 384 g/mol. The average Bonchev–Trinajstić information content (AvgIpc) is 2.93. The van der Waals surface area contributed by atoms with Crippen LogP contribution in [0.4, 0.5) is 0 Å². The zero-order valence-corrected chi connectivity index (χ0v) is 15.5. The van der Waals surface area contributed by atoms with Crippen LogP contribution in [0.1, 0.15) is 0 Å². The van der Waals surface area contributed by atoms with Gasteiger partial charge in [0.05, 0.1) is 11.1 Å². The summed E-state index contributed by atoms with van der Waals surface area (Å²) in [5.41, 5.74) is 4.46. The third-order valence-corrected chi connectivity index (χ3v) is 5.07. The molecule has 4 rings (SSSR count). The standard InChI is InChI=1S/C19H13ClN2OS2/c1-2-10-22-18(24)16-17(23-19(22)25)15(12-6-8-13(20)9-7-12)14-5-3-4-11-21(14)16/h2-9,11H,1,10H2. The van der Waals surface area contributed by atoms with Crippen LogP contribution in [0.3, 0.4) is 0 Å². The highest BCUT2D eigenvalue weighted by Gasteiger charge is 2.18. The predicted molar refractivity (Wildman–Crippen MR) is 107 cm³/mol. The fourth-order valence-corrected chi connectivity index (χ4v) is 3.80. The van der Waals surface area contributed by atoms with Crippen LogP contribution in [0.25, 0.3) is 27.7 Å². The van der Waals surface area contributed by atoms with Gasteiger partial charge in [-0.1, -0.05) is 48.1 Å². The summed E-state index contributed by atoms with van der Waals surface area (Å²) in [7, 11) is 0. The van der Waals surface area contributed by atoms with Crippen LogP contribution in [-0.2, 0) is 6.54 Å². The smallest absolute Gasteiger partial charge is 0.270 e. The Morgan fingerprint density at radius 2 is 1.88 bits per heavy atom. The Balaban J connectivity index is 2.22. The van der Waals surface area contributed by atoms with Crippen molar-refractivity contribution in [3.8, 4) is 11.1 Å². The molecule has 0 saturated heterocycles. The van der Waals surface area contributed by atoms with E-state index in [2.05, 4.69) is 6.58 Å². The van der Waals surface area contributed by atoms with Gasteiger partial charge in [-0.3, -0.25) is 4.57 Å². The lowest BCUT2D eigenvalue weighted by Gasteiger charge is -2.05. The van der Waals surface area contributed by atoms with Gasteiger partial charge in [0, 0.05) is 17.8 Å². The minimum absolute atomic E-state index is 0.337. The van der Waals surface area contributed by atoms with E-state index in [1.54, 1.807) is 10.6 Å². The topological polar surface area (TPSA) is 22.5 Å². The number of hydrogen-bond donors (Lipinski definition) is 0. The first-order valence-corrected chi connectivity index (χ1v) is 8.85. The number of allylic oxidation sites excluding steroid dienone is 1. The third-order valence-electron chi connectivity index (χ3n) is 4.10. The number of benzene rings is 1. The highest BCUT2D eigenvalue weighted by atomic mass is 35.5. The lowest BCUT2D eigenvalue weighted by atomic mass is 10.1. The second kappa shape index (κ2) is 6.26. The Bertz CT molecular complexity index is 1230. The molecular weight excluding hydrogens is 372 g/mol. The summed E-state index contributed by atoms with van der Waals surface area (Å²) in [6.45, 7) is 4.27. The average molecular weight is 385 g/mol. The quantitative estimate of drug-likeness (QED) is 0.299. The lowest BCUT2D eigenvalue weighted by molar-refractivity contribution is 0.508. The maximum atomic E-state index is 6.04. The molecule has 0 saturated carbocycles. The molecule has 124 valence electrons. The van der Waals surface area contributed by atoms with Crippen molar-refractivity contribution in [2.45, 2.75) is 6.54 Å². The van der Waals surface area contributed by atoms with E-state index in [1.807, 2.05) is 53.1 Å². The van der Waals surface area contributed by atoms with E-state index >= 15 is 0 Å². The molecule has 1 aromatic carbocycles. The minimum Gasteiger partial charge on any atom is -0.428 e. The van der Waals surface area contributed by atoms with Crippen molar-refractivity contribution in [1.82, 2.24) is 8.97 Å². The Kier molecular flexibility index (Phi) is 4.07. The summed E-state index contributed by atoms with van der Waals surface area (Å²) in [5, 5.41) is 0.685. The molecule has 0 aliphatic carbocycles. The molecule has 0 aliphatic heterocycles. The van der Waals surface area contributed by atoms with Crippen LogP contribution in [0.5, 0.6) is 0 Å². The molecule has 0 bridgehead atoms. The van der Waals surface area contributed by atoms with Gasteiger partial charge >= 0.3 is 0 Å². The number of pyridine rings is 1. The van der Waals surface area contributed by atoms with E-state index in [1.165, 1.54) is 0 Å². The molecule has 0 amide bonds. The van der Waals surface area contributed by atoms with Gasteiger partial charge in [0.2, 0.25) is 0 Å². The Morgan fingerprint density at radius 1 is 1.12 bits per heavy atom. The van der Waals surface area contributed by atoms with Crippen molar-refractivity contribution < 1.29 is 4.42 Å². The second-order valence-electron chi connectivity index (χ2n) is 5.59. The number of hydrogen-bond acceptors (Lipinski definition) is 3. The van der Waals surface area contributed by atoms with Crippen molar-refractivity contribution in [3.05, 3.63) is 75.8 Å². The summed E-state index contributed by atoms with van der Waals surface area (Å²) < 4.78 is 10.5. The Morgan fingerprint density at radius 3 is 2.60 bits per heavy atom. The van der Waals surface area contributed by atoms with E-state index in [9.17, 15) is 0 Å². The van der Waals surface area contributed by atoms with E-state index in [0.29, 0.717) is 26.6 Å². The van der Waals surface area contributed by atoms with Gasteiger partial charge in [-0.15, -0.1) is 6.58 Å². The van der Waals surface area contributed by atoms with Gasteiger partial charge in [-0.2, -0.15) is 0 Å². The number of aromatic nitrogens is 2. The fraction of sp³-hybridized carbons (Fsp3) is 0.0526. The van der Waals surface area contributed by atoms with Crippen LogP contribution in [0.2, 0.25) is 5.02 Å². The molecule has 3 aromatic heterocycles. The molecule has 4 aromatic rings. The summed E-state index contributed by atoms with van der Waals surface area (Å²) >= 11 is 17.2. The van der Waals surface area contributed by atoms with E-state index < -0.39 is 0 Å². The van der Waals surface area contributed by atoms with Crippen molar-refractivity contribution in [1.29, 1.82) is 0 Å². The second-order valence-corrected chi connectivity index (χ2v) is 6.76. The SMILES string of the molecule is C=CCn1c(=S)oc2c(-c3ccc(Cl)cc3)c3ccccn3c2c1=S. The van der Waals surface area contributed by atoms with E-state index in [0.717, 1.165) is 22.2 Å². The van der Waals surface area contributed by atoms with Crippen LogP contribution >= 0.6 is 36.0 Å². The molecule has 0 spiro atoms. The number of fused-ring (bicyclic) bond motifs is 3. The minimum atomic E-state index is 0.337. The first kappa shape index (κ1) is 16.3. The highest BCUT2D eigenvalue weighted by Crippen LogP contribution is 2.36. The summed E-state index contributed by atoms with van der Waals surface area (Å²) in [4.78, 5) is 0.337. The summed E-state index contributed by atoms with van der Waals surface area (Å²) in [5.74, 6) is 0. The predicted octanol–water partition coefficient (Wildman–Crippen LogP) is 6.45. The first-order chi connectivity index (χ1) is 12.1. The normalized spacial score (nSPS) is 11.2. The van der Waals surface area contributed by atoms with Crippen molar-refractivity contribution in [2.75, 3.05) is 0 Å². The molecule has 0 radical (unpaired) electrons. The van der Waals surface area contributed by atoms with E-state index in [4.69, 9.17) is 40.5 Å². The zero-order valence-electron chi connectivity index (χ0n) is 13.1. The van der Waals surface area contributed by atoms with Crippen LogP contribution in [0.15, 0.2) is 65.7 Å². The summed E-state index contributed by atoms with van der Waals surface area (Å²) in [6, 6.07) is 13.6. The van der Waals surface area contributed by atoms with Crippen LogP contribution < -0.4 is 0 Å². The van der Waals surface area contributed by atoms with Gasteiger partial charge in [0.25, 0.3) is 4.84 Å². The van der Waals surface area contributed by atoms with Gasteiger partial charge < -0.3 is 8.82 Å². The van der Waals surface area contributed by atoms with Crippen LogP contribution in [0, 0.1) is 9.48 Å². The molecule has 3 nitrogen and oxygen atoms in total. The Labute approximate surface area is 159 Å². The number of nitrogens with zero attached hydrogens (tertiary/aromatic N) is 2. The molecule has 3 heterocycles. The largest absolute Gasteiger partial charge is 0.428 e. The first-order valence-electron chi connectivity index (χ1n) is 7.65. The third kappa shape index (κ3) is 2.56. The van der Waals surface area contributed by atoms with Crippen molar-refractivity contribution in [3.63, 3.8) is 0 Å². The summed E-state index contributed by atoms with van der Waals surface area (Å²) in [6.07, 6.45) is 3.73. The van der Waals surface area contributed by atoms with Gasteiger partial charge in [-0.05, 0) is 42.0 Å².